The molecule has 1 aliphatic rings. The molecule has 0 heterocycles. The molecular formula is C20H29N3O2. The summed E-state index contributed by atoms with van der Waals surface area (Å²) < 4.78 is 0. The van der Waals surface area contributed by atoms with Gasteiger partial charge in [-0.15, -0.1) is 0 Å². The fourth-order valence-electron chi connectivity index (χ4n) is 2.54. The van der Waals surface area contributed by atoms with Crippen molar-refractivity contribution in [1.82, 2.24) is 5.43 Å². The first kappa shape index (κ1) is 19.2. The van der Waals surface area contributed by atoms with Gasteiger partial charge in [0.25, 0.3) is 0 Å². The van der Waals surface area contributed by atoms with Crippen LogP contribution in [-0.4, -0.2) is 17.5 Å². The van der Waals surface area contributed by atoms with Gasteiger partial charge in [-0.1, -0.05) is 44.7 Å². The summed E-state index contributed by atoms with van der Waals surface area (Å²) in [5.74, 6) is 0.258. The van der Waals surface area contributed by atoms with Gasteiger partial charge < -0.3 is 5.32 Å². The number of hydrogen-bond donors (Lipinski definition) is 2. The van der Waals surface area contributed by atoms with E-state index in [1.54, 1.807) is 0 Å². The third kappa shape index (κ3) is 7.08. The number of hydrazone groups is 1. The van der Waals surface area contributed by atoms with Gasteiger partial charge in [0.2, 0.25) is 11.8 Å². The maximum Gasteiger partial charge on any atom is 0.240 e. The summed E-state index contributed by atoms with van der Waals surface area (Å²) in [6.45, 7) is 4.04. The molecule has 0 atom stereocenters. The Morgan fingerprint density at radius 2 is 1.76 bits per heavy atom. The lowest BCUT2D eigenvalue weighted by atomic mass is 10.1. The predicted octanol–water partition coefficient (Wildman–Crippen LogP) is 4.24. The SMILES string of the molecule is CCCCCCCC(=O)NN=C(C)c1ccc(NC(=O)C2CC2)cc1. The standard InChI is InChI=1S/C20H29N3O2/c1-3-4-5-6-7-8-19(24)23-22-15(2)16-11-13-18(14-12-16)21-20(25)17-9-10-17/h11-14,17H,3-10H2,1-2H3,(H,21,25)(H,23,24). The molecule has 0 aliphatic heterocycles. The summed E-state index contributed by atoms with van der Waals surface area (Å²) in [7, 11) is 0. The molecule has 1 aromatic rings. The van der Waals surface area contributed by atoms with Gasteiger partial charge in [0.1, 0.15) is 0 Å². The zero-order valence-electron chi connectivity index (χ0n) is 15.3. The highest BCUT2D eigenvalue weighted by Gasteiger charge is 2.29. The minimum atomic E-state index is -0.0378. The van der Waals surface area contributed by atoms with E-state index in [4.69, 9.17) is 0 Å². The van der Waals surface area contributed by atoms with Gasteiger partial charge in [-0.3, -0.25) is 9.59 Å². The molecule has 1 aromatic carbocycles. The Bertz CT molecular complexity index is 604. The van der Waals surface area contributed by atoms with Crippen LogP contribution in [0.5, 0.6) is 0 Å². The third-order valence-corrected chi connectivity index (χ3v) is 4.37. The number of anilines is 1. The van der Waals surface area contributed by atoms with Gasteiger partial charge in [-0.05, 0) is 43.9 Å². The molecule has 0 spiro atoms. The number of amides is 2. The minimum Gasteiger partial charge on any atom is -0.326 e. The lowest BCUT2D eigenvalue weighted by Gasteiger charge is -2.06. The average Bonchev–Trinajstić information content (AvgIpc) is 3.45. The number of nitrogens with one attached hydrogen (secondary N) is 2. The molecule has 2 N–H and O–H groups in total. The molecule has 0 radical (unpaired) electrons. The molecule has 136 valence electrons. The lowest BCUT2D eigenvalue weighted by molar-refractivity contribution is -0.121. The monoisotopic (exact) mass is 343 g/mol. The van der Waals surface area contributed by atoms with Crippen molar-refractivity contribution in [3.63, 3.8) is 0 Å². The quantitative estimate of drug-likeness (QED) is 0.379. The zero-order valence-corrected chi connectivity index (χ0v) is 15.3. The van der Waals surface area contributed by atoms with Crippen LogP contribution in [0.1, 0.15) is 70.8 Å². The molecule has 1 fully saturated rings. The first-order chi connectivity index (χ1) is 12.1. The predicted molar refractivity (Wildman–Crippen MR) is 102 cm³/mol. The van der Waals surface area contributed by atoms with Crippen molar-refractivity contribution < 1.29 is 9.59 Å². The van der Waals surface area contributed by atoms with Gasteiger partial charge in [0, 0.05) is 18.0 Å². The summed E-state index contributed by atoms with van der Waals surface area (Å²) in [5.41, 5.74) is 5.09. The van der Waals surface area contributed by atoms with Gasteiger partial charge in [0.15, 0.2) is 0 Å². The Labute approximate surface area is 150 Å². The van der Waals surface area contributed by atoms with E-state index >= 15 is 0 Å². The molecule has 2 rings (SSSR count). The topological polar surface area (TPSA) is 70.6 Å². The fourth-order valence-corrected chi connectivity index (χ4v) is 2.54. The van der Waals surface area contributed by atoms with Crippen LogP contribution in [0.15, 0.2) is 29.4 Å². The van der Waals surface area contributed by atoms with E-state index in [2.05, 4.69) is 22.8 Å². The van der Waals surface area contributed by atoms with Crippen molar-refractivity contribution in [3.8, 4) is 0 Å². The number of carbonyl (C=O) groups is 2. The highest BCUT2D eigenvalue weighted by molar-refractivity contribution is 6.00. The van der Waals surface area contributed by atoms with Crippen molar-refractivity contribution >= 4 is 23.2 Å². The molecular weight excluding hydrogens is 314 g/mol. The van der Waals surface area contributed by atoms with Crippen molar-refractivity contribution in [1.29, 1.82) is 0 Å². The number of hydrogen-bond acceptors (Lipinski definition) is 3. The van der Waals surface area contributed by atoms with Gasteiger partial charge in [-0.25, -0.2) is 5.43 Å². The smallest absolute Gasteiger partial charge is 0.240 e. The van der Waals surface area contributed by atoms with E-state index in [9.17, 15) is 9.59 Å². The number of benzene rings is 1. The summed E-state index contributed by atoms with van der Waals surface area (Å²) in [4.78, 5) is 23.5. The van der Waals surface area contributed by atoms with E-state index in [-0.39, 0.29) is 17.7 Å². The third-order valence-electron chi connectivity index (χ3n) is 4.37. The van der Waals surface area contributed by atoms with E-state index in [1.807, 2.05) is 31.2 Å². The van der Waals surface area contributed by atoms with Crippen molar-refractivity contribution in [2.45, 2.75) is 65.2 Å². The van der Waals surface area contributed by atoms with E-state index < -0.39 is 0 Å². The largest absolute Gasteiger partial charge is 0.326 e. The number of unbranched alkanes of at least 4 members (excludes halogenated alkanes) is 4. The first-order valence-electron chi connectivity index (χ1n) is 9.34. The molecule has 5 nitrogen and oxygen atoms in total. The van der Waals surface area contributed by atoms with Crippen molar-refractivity contribution in [2.75, 3.05) is 5.32 Å². The molecule has 0 aromatic heterocycles. The normalized spacial score (nSPS) is 14.2. The molecule has 0 saturated heterocycles. The van der Waals surface area contributed by atoms with Crippen LogP contribution in [0, 0.1) is 5.92 Å². The van der Waals surface area contributed by atoms with Crippen LogP contribution in [0.2, 0.25) is 0 Å². The van der Waals surface area contributed by atoms with E-state index in [0.29, 0.717) is 6.42 Å². The van der Waals surface area contributed by atoms with Crippen molar-refractivity contribution in [2.24, 2.45) is 11.0 Å². The second-order valence-electron chi connectivity index (χ2n) is 6.74. The van der Waals surface area contributed by atoms with Crippen LogP contribution in [0.4, 0.5) is 5.69 Å². The zero-order chi connectivity index (χ0) is 18.1. The maximum atomic E-state index is 11.8. The lowest BCUT2D eigenvalue weighted by Crippen LogP contribution is -2.18. The summed E-state index contributed by atoms with van der Waals surface area (Å²) in [6, 6.07) is 7.53. The minimum absolute atomic E-state index is 0.0378. The van der Waals surface area contributed by atoms with Gasteiger partial charge in [-0.2, -0.15) is 5.10 Å². The second-order valence-corrected chi connectivity index (χ2v) is 6.74. The maximum absolute atomic E-state index is 11.8. The van der Waals surface area contributed by atoms with Gasteiger partial charge >= 0.3 is 0 Å². The molecule has 1 aliphatic carbocycles. The van der Waals surface area contributed by atoms with E-state index in [1.165, 1.54) is 19.3 Å². The number of rotatable bonds is 10. The van der Waals surface area contributed by atoms with Gasteiger partial charge in [0.05, 0.1) is 5.71 Å². The van der Waals surface area contributed by atoms with Crippen LogP contribution < -0.4 is 10.7 Å². The van der Waals surface area contributed by atoms with Crippen molar-refractivity contribution in [3.05, 3.63) is 29.8 Å². The number of nitrogens with zero attached hydrogens (tertiary/aromatic N) is 1. The molecule has 5 heteroatoms. The number of carbonyl (C=O) groups excluding carboxylic acids is 2. The molecule has 0 unspecified atom stereocenters. The van der Waals surface area contributed by atoms with E-state index in [0.717, 1.165) is 42.6 Å². The van der Waals surface area contributed by atoms with Crippen LogP contribution in [0.25, 0.3) is 0 Å². The molecule has 2 amide bonds. The Hall–Kier alpha value is -2.17. The molecule has 0 bridgehead atoms. The average molecular weight is 343 g/mol. The van der Waals surface area contributed by atoms with Crippen LogP contribution in [0.3, 0.4) is 0 Å². The molecule has 1 saturated carbocycles. The Balaban J connectivity index is 1.74. The molecule has 25 heavy (non-hydrogen) atoms. The van der Waals surface area contributed by atoms with Crippen LogP contribution >= 0.6 is 0 Å². The highest BCUT2D eigenvalue weighted by Crippen LogP contribution is 2.30. The second kappa shape index (κ2) is 9.97. The Morgan fingerprint density at radius 1 is 1.08 bits per heavy atom. The highest BCUT2D eigenvalue weighted by atomic mass is 16.2. The summed E-state index contributed by atoms with van der Waals surface area (Å²) in [5, 5.41) is 7.08. The summed E-state index contributed by atoms with van der Waals surface area (Å²) >= 11 is 0. The summed E-state index contributed by atoms with van der Waals surface area (Å²) in [6.07, 6.45) is 8.15. The fraction of sp³-hybridized carbons (Fsp3) is 0.550. The Kier molecular flexibility index (Phi) is 7.64. The Morgan fingerprint density at radius 3 is 2.40 bits per heavy atom. The first-order valence-corrected chi connectivity index (χ1v) is 9.34. The van der Waals surface area contributed by atoms with Crippen LogP contribution in [-0.2, 0) is 9.59 Å².